The van der Waals surface area contributed by atoms with Crippen molar-refractivity contribution in [3.8, 4) is 22.9 Å². The fraction of sp³-hybridized carbons (Fsp3) is 0.267. The minimum Gasteiger partial charge on any atom is -0.548 e. The summed E-state index contributed by atoms with van der Waals surface area (Å²) in [5, 5.41) is 12.3. The van der Waals surface area contributed by atoms with E-state index in [1.54, 1.807) is 35.8 Å². The minimum absolute atomic E-state index is 0.135. The second-order valence-corrected chi connectivity index (χ2v) is 10.7. The molecule has 1 aliphatic rings. The first kappa shape index (κ1) is 28.6. The summed E-state index contributed by atoms with van der Waals surface area (Å²) in [6.45, 7) is 1.78. The summed E-state index contributed by atoms with van der Waals surface area (Å²) in [7, 11) is 0. The maximum Gasteiger partial charge on any atom is 0.321 e. The number of carboxylic acid groups (broad SMARTS) is 1. The highest BCUT2D eigenvalue weighted by atomic mass is 35.5. The number of rotatable bonds is 8. The number of likely N-dealkylation sites (tertiary alicyclic amines) is 1. The average Bonchev–Trinajstić information content (AvgIpc) is 3.32. The molecule has 6 rings (SSSR count). The number of aryl methyl sites for hydroxylation is 1. The van der Waals surface area contributed by atoms with Crippen LogP contribution >= 0.6 is 11.6 Å². The van der Waals surface area contributed by atoms with Crippen LogP contribution in [0.1, 0.15) is 24.7 Å². The molecule has 0 saturated carbocycles. The zero-order valence-corrected chi connectivity index (χ0v) is 23.5. The molecule has 0 spiro atoms. The largest absolute Gasteiger partial charge is 0.548 e. The van der Waals surface area contributed by atoms with Crippen LogP contribution in [0.2, 0.25) is 5.02 Å². The number of ether oxygens (including phenoxy) is 1. The highest BCUT2D eigenvalue weighted by molar-refractivity contribution is 6.33. The Morgan fingerprint density at radius 2 is 1.98 bits per heavy atom. The monoisotopic (exact) mass is 605 g/mol. The highest BCUT2D eigenvalue weighted by Gasteiger charge is 2.36. The molecule has 0 aliphatic carbocycles. The van der Waals surface area contributed by atoms with E-state index < -0.39 is 30.0 Å². The summed E-state index contributed by atoms with van der Waals surface area (Å²) in [4.78, 5) is 41.0. The minimum atomic E-state index is -1.47. The number of aldehydes is 1. The fourth-order valence-electron chi connectivity index (χ4n) is 5.72. The number of hydrogen-bond acceptors (Lipinski definition) is 9. The van der Waals surface area contributed by atoms with Crippen molar-refractivity contribution in [2.45, 2.75) is 38.0 Å². The van der Waals surface area contributed by atoms with Crippen molar-refractivity contribution < 1.29 is 28.2 Å². The molecule has 3 atom stereocenters. The maximum absolute atomic E-state index is 15.8. The Labute approximate surface area is 248 Å². The first-order valence-corrected chi connectivity index (χ1v) is 13.9. The van der Waals surface area contributed by atoms with Crippen molar-refractivity contribution >= 4 is 45.8 Å². The lowest BCUT2D eigenvalue weighted by atomic mass is 9.98. The summed E-state index contributed by atoms with van der Waals surface area (Å²) in [6, 6.07) is 7.62. The van der Waals surface area contributed by atoms with E-state index in [1.807, 2.05) is 0 Å². The Balaban J connectivity index is 1.39. The summed E-state index contributed by atoms with van der Waals surface area (Å²) in [5.41, 5.74) is 2.04. The molecule has 0 N–H and O–H groups in total. The van der Waals surface area contributed by atoms with Crippen LogP contribution in [0.4, 0.5) is 8.78 Å². The van der Waals surface area contributed by atoms with Gasteiger partial charge in [-0.25, -0.2) is 23.7 Å². The van der Waals surface area contributed by atoms with Gasteiger partial charge in [0.1, 0.15) is 35.4 Å². The van der Waals surface area contributed by atoms with Crippen molar-refractivity contribution in [1.82, 2.24) is 29.4 Å². The molecule has 0 bridgehead atoms. The van der Waals surface area contributed by atoms with Crippen LogP contribution in [0.5, 0.6) is 11.8 Å². The van der Waals surface area contributed by atoms with E-state index in [9.17, 15) is 14.7 Å². The maximum atomic E-state index is 15.8. The number of imidazole rings is 1. The average molecular weight is 606 g/mol. The number of benzene rings is 2. The number of aromatic nitrogens is 5. The molecule has 2 aromatic carbocycles. The number of aliphatic carboxylic acids is 1. The second kappa shape index (κ2) is 11.6. The quantitative estimate of drug-likeness (QED) is 0.239. The Hall–Kier alpha value is -4.55. The zero-order chi connectivity index (χ0) is 30.2. The van der Waals surface area contributed by atoms with Crippen molar-refractivity contribution in [3.05, 3.63) is 71.7 Å². The molecule has 43 heavy (non-hydrogen) atoms. The third kappa shape index (κ3) is 5.39. The summed E-state index contributed by atoms with van der Waals surface area (Å²) in [5.74, 6) is -1.07. The molecule has 0 radical (unpaired) electrons. The van der Waals surface area contributed by atoms with Crippen molar-refractivity contribution in [1.29, 1.82) is 0 Å². The number of piperidine rings is 1. The summed E-state index contributed by atoms with van der Waals surface area (Å²) in [6.07, 6.45) is 3.58. The Morgan fingerprint density at radius 1 is 1.19 bits per heavy atom. The van der Waals surface area contributed by atoms with Gasteiger partial charge in [-0.05, 0) is 37.6 Å². The lowest BCUT2D eigenvalue weighted by Gasteiger charge is -2.40. The normalized spacial score (nSPS) is 18.1. The highest BCUT2D eigenvalue weighted by Crippen LogP contribution is 2.39. The van der Waals surface area contributed by atoms with Gasteiger partial charge >= 0.3 is 6.01 Å². The van der Waals surface area contributed by atoms with Crippen LogP contribution in [0.25, 0.3) is 33.1 Å². The van der Waals surface area contributed by atoms with Gasteiger partial charge in [0.15, 0.2) is 0 Å². The van der Waals surface area contributed by atoms with Crippen molar-refractivity contribution in [2.75, 3.05) is 13.1 Å². The van der Waals surface area contributed by atoms with Crippen LogP contribution in [-0.4, -0.2) is 67.0 Å². The topological polar surface area (TPSA) is 126 Å². The molecule has 1 saturated heterocycles. The van der Waals surface area contributed by atoms with Gasteiger partial charge < -0.3 is 24.0 Å². The van der Waals surface area contributed by atoms with Crippen LogP contribution in [0.15, 0.2) is 55.0 Å². The molecule has 0 amide bonds. The fourth-order valence-corrected chi connectivity index (χ4v) is 6.00. The van der Waals surface area contributed by atoms with E-state index >= 15 is 8.78 Å². The smallest absolute Gasteiger partial charge is 0.321 e. The molecule has 1 aliphatic heterocycles. The molecule has 1 unspecified atom stereocenters. The molecular weight excluding hydrogens is 582 g/mol. The number of carbonyl (C=O) groups excluding carboxylic acids is 2. The van der Waals surface area contributed by atoms with Crippen molar-refractivity contribution in [3.63, 3.8) is 0 Å². The number of fused-ring (bicyclic) bond motifs is 3. The zero-order valence-electron chi connectivity index (χ0n) is 22.8. The molecular formula is C30H24ClF2N6O4-. The number of pyridine rings is 1. The van der Waals surface area contributed by atoms with Gasteiger partial charge in [0.05, 0.1) is 40.3 Å². The summed E-state index contributed by atoms with van der Waals surface area (Å²) < 4.78 is 38.7. The van der Waals surface area contributed by atoms with Gasteiger partial charge in [-0.1, -0.05) is 11.6 Å². The van der Waals surface area contributed by atoms with E-state index in [0.717, 1.165) is 0 Å². The third-order valence-corrected chi connectivity index (χ3v) is 7.98. The van der Waals surface area contributed by atoms with E-state index in [2.05, 4.69) is 19.9 Å². The molecule has 5 aromatic rings. The van der Waals surface area contributed by atoms with Crippen LogP contribution in [-0.2, 0) is 9.59 Å². The second-order valence-electron chi connectivity index (χ2n) is 10.2. The number of nitrogens with zero attached hydrogens (tertiary/aromatic N) is 6. The van der Waals surface area contributed by atoms with Gasteiger partial charge in [-0.2, -0.15) is 0 Å². The van der Waals surface area contributed by atoms with Gasteiger partial charge in [0, 0.05) is 60.5 Å². The SMILES string of the molecule is Cc1nc2cnc3cc(F)c(-c4ccc(Oc5ncccn5)cc4Cl)cc3c2n1[C@H]1CCN(C(CC=O)C(=O)[O-])C[C@@H]1F. The molecule has 4 heterocycles. The van der Waals surface area contributed by atoms with E-state index in [4.69, 9.17) is 16.3 Å². The number of hydrogen-bond donors (Lipinski definition) is 0. The predicted molar refractivity (Wildman–Crippen MR) is 152 cm³/mol. The van der Waals surface area contributed by atoms with E-state index in [-0.39, 0.29) is 42.5 Å². The predicted octanol–water partition coefficient (Wildman–Crippen LogP) is 4.23. The van der Waals surface area contributed by atoms with Crippen LogP contribution in [0, 0.1) is 12.7 Å². The van der Waals surface area contributed by atoms with Crippen LogP contribution < -0.4 is 9.84 Å². The number of halogens is 3. The Bertz CT molecular complexity index is 1850. The number of carbonyl (C=O) groups is 2. The van der Waals surface area contributed by atoms with Gasteiger partial charge in [-0.15, -0.1) is 0 Å². The lowest BCUT2D eigenvalue weighted by molar-refractivity contribution is -0.312. The van der Waals surface area contributed by atoms with Gasteiger partial charge in [-0.3, -0.25) is 9.88 Å². The van der Waals surface area contributed by atoms with Crippen LogP contribution in [0.3, 0.4) is 0 Å². The number of alkyl halides is 1. The molecule has 13 heteroatoms. The third-order valence-electron chi connectivity index (χ3n) is 7.67. The lowest BCUT2D eigenvalue weighted by Crippen LogP contribution is -2.54. The molecule has 10 nitrogen and oxygen atoms in total. The Kier molecular flexibility index (Phi) is 7.72. The summed E-state index contributed by atoms with van der Waals surface area (Å²) >= 11 is 6.59. The Morgan fingerprint density at radius 3 is 2.67 bits per heavy atom. The van der Waals surface area contributed by atoms with Gasteiger partial charge in [0.2, 0.25) is 0 Å². The molecule has 220 valence electrons. The standard InChI is InChI=1S/C30H25ClF2N6O4/c1-16-37-25-14-36-24-13-22(32)19(18-4-3-17(11-21(18)31)43-30-34-7-2-8-35-30)12-20(24)28(25)39(16)26-5-9-38(15-23(26)33)27(6-10-40)29(41)42/h2-4,7-8,10-14,23,26-27H,5-6,9,15H2,1H3,(H,41,42)/p-1/t23-,26-,27?/m0/s1. The van der Waals surface area contributed by atoms with E-state index in [0.29, 0.717) is 45.4 Å². The first-order chi connectivity index (χ1) is 20.7. The first-order valence-electron chi connectivity index (χ1n) is 13.5. The van der Waals surface area contributed by atoms with E-state index in [1.165, 1.54) is 35.6 Å². The van der Waals surface area contributed by atoms with Gasteiger partial charge in [0.25, 0.3) is 0 Å². The molecule has 1 fully saturated rings. The van der Waals surface area contributed by atoms with Crippen molar-refractivity contribution in [2.24, 2.45) is 0 Å². The number of carboxylic acids is 1. The molecule has 3 aromatic heterocycles.